The Bertz CT molecular complexity index is 1310. The summed E-state index contributed by atoms with van der Waals surface area (Å²) >= 11 is 0. The molecule has 0 aliphatic carbocycles. The van der Waals surface area contributed by atoms with Gasteiger partial charge in [0.1, 0.15) is 11.1 Å². The lowest BCUT2D eigenvalue weighted by molar-refractivity contribution is 0.655. The van der Waals surface area contributed by atoms with Crippen LogP contribution in [-0.4, -0.2) is 0 Å². The standard InChI is InChI=1S/C29H25OP/c1-20-18-22(3)27-26(19-20)30-29(28(27)25-17-11-10-12-21(25)2)31(23-13-6-4-7-14-23)24-15-8-5-9-16-24/h4-19H,1-3H3. The summed E-state index contributed by atoms with van der Waals surface area (Å²) in [5.74, 6) is 0. The fourth-order valence-corrected chi connectivity index (χ4v) is 6.74. The summed E-state index contributed by atoms with van der Waals surface area (Å²) in [6.07, 6.45) is 0. The molecule has 0 aliphatic rings. The second-order valence-electron chi connectivity index (χ2n) is 8.06. The molecule has 152 valence electrons. The van der Waals surface area contributed by atoms with Crippen LogP contribution in [0.15, 0.2) is 101 Å². The number of hydrogen-bond donors (Lipinski definition) is 0. The number of aryl methyl sites for hydroxylation is 3. The van der Waals surface area contributed by atoms with Crippen molar-refractivity contribution in [3.63, 3.8) is 0 Å². The Hall–Kier alpha value is -3.15. The molecule has 31 heavy (non-hydrogen) atoms. The number of rotatable bonds is 4. The van der Waals surface area contributed by atoms with Crippen molar-refractivity contribution in [1.29, 1.82) is 0 Å². The summed E-state index contributed by atoms with van der Waals surface area (Å²) in [6, 6.07) is 34.7. The van der Waals surface area contributed by atoms with E-state index in [9.17, 15) is 0 Å². The van der Waals surface area contributed by atoms with Gasteiger partial charge in [-0.05, 0) is 59.7 Å². The highest BCUT2D eigenvalue weighted by Crippen LogP contribution is 2.43. The van der Waals surface area contributed by atoms with Gasteiger partial charge in [-0.2, -0.15) is 0 Å². The van der Waals surface area contributed by atoms with Crippen molar-refractivity contribution in [2.24, 2.45) is 0 Å². The first-order valence-corrected chi connectivity index (χ1v) is 12.0. The molecule has 0 bridgehead atoms. The van der Waals surface area contributed by atoms with Crippen LogP contribution >= 0.6 is 7.92 Å². The Morgan fingerprint density at radius 1 is 0.613 bits per heavy atom. The van der Waals surface area contributed by atoms with Crippen LogP contribution in [0, 0.1) is 20.8 Å². The molecular formula is C29H25OP. The van der Waals surface area contributed by atoms with Crippen LogP contribution in [0.25, 0.3) is 22.1 Å². The third-order valence-corrected chi connectivity index (χ3v) is 8.11. The fraction of sp³-hybridized carbons (Fsp3) is 0.103. The van der Waals surface area contributed by atoms with Crippen molar-refractivity contribution in [3.05, 3.63) is 114 Å². The lowest BCUT2D eigenvalue weighted by atomic mass is 9.97. The van der Waals surface area contributed by atoms with Crippen LogP contribution in [0.1, 0.15) is 16.7 Å². The van der Waals surface area contributed by atoms with E-state index in [1.165, 1.54) is 43.8 Å². The summed E-state index contributed by atoms with van der Waals surface area (Å²) in [5, 5.41) is 3.83. The van der Waals surface area contributed by atoms with E-state index >= 15 is 0 Å². The molecule has 5 aromatic rings. The predicted octanol–water partition coefficient (Wildman–Crippen LogP) is 6.78. The predicted molar refractivity (Wildman–Crippen MR) is 135 cm³/mol. The minimum absolute atomic E-state index is 0.838. The van der Waals surface area contributed by atoms with Gasteiger partial charge in [0, 0.05) is 18.9 Å². The van der Waals surface area contributed by atoms with E-state index in [0.29, 0.717) is 0 Å². The van der Waals surface area contributed by atoms with Crippen molar-refractivity contribution in [2.75, 3.05) is 0 Å². The highest BCUT2D eigenvalue weighted by Gasteiger charge is 2.28. The zero-order valence-corrected chi connectivity index (χ0v) is 19.0. The second-order valence-corrected chi connectivity index (χ2v) is 10.2. The van der Waals surface area contributed by atoms with Gasteiger partial charge in [-0.3, -0.25) is 0 Å². The Morgan fingerprint density at radius 2 is 1.19 bits per heavy atom. The first-order chi connectivity index (χ1) is 15.1. The van der Waals surface area contributed by atoms with Crippen molar-refractivity contribution >= 4 is 35.0 Å². The second kappa shape index (κ2) is 8.17. The minimum Gasteiger partial charge on any atom is -0.455 e. The molecule has 1 heterocycles. The fourth-order valence-electron chi connectivity index (χ4n) is 4.39. The molecule has 0 atom stereocenters. The number of furan rings is 1. The van der Waals surface area contributed by atoms with Gasteiger partial charge in [-0.1, -0.05) is 91.0 Å². The van der Waals surface area contributed by atoms with E-state index in [4.69, 9.17) is 4.42 Å². The lowest BCUT2D eigenvalue weighted by Crippen LogP contribution is -2.21. The molecule has 0 amide bonds. The summed E-state index contributed by atoms with van der Waals surface area (Å²) in [5.41, 5.74) is 8.30. The minimum atomic E-state index is -0.838. The lowest BCUT2D eigenvalue weighted by Gasteiger charge is -2.19. The van der Waals surface area contributed by atoms with Gasteiger partial charge in [0.2, 0.25) is 0 Å². The molecule has 0 saturated heterocycles. The first kappa shape index (κ1) is 19.8. The van der Waals surface area contributed by atoms with Gasteiger partial charge in [-0.25, -0.2) is 0 Å². The molecular weight excluding hydrogens is 395 g/mol. The third kappa shape index (κ3) is 3.60. The van der Waals surface area contributed by atoms with E-state index in [1.807, 2.05) is 0 Å². The van der Waals surface area contributed by atoms with Crippen molar-refractivity contribution < 1.29 is 4.42 Å². The summed E-state index contributed by atoms with van der Waals surface area (Å²) < 4.78 is 6.77. The van der Waals surface area contributed by atoms with E-state index in [1.54, 1.807) is 0 Å². The van der Waals surface area contributed by atoms with Crippen LogP contribution in [0.3, 0.4) is 0 Å². The number of hydrogen-bond acceptors (Lipinski definition) is 1. The average molecular weight is 420 g/mol. The number of benzene rings is 4. The van der Waals surface area contributed by atoms with Crippen LogP contribution < -0.4 is 16.1 Å². The highest BCUT2D eigenvalue weighted by molar-refractivity contribution is 7.79. The zero-order valence-electron chi connectivity index (χ0n) is 18.1. The van der Waals surface area contributed by atoms with E-state index < -0.39 is 7.92 Å². The maximum absolute atomic E-state index is 6.77. The van der Waals surface area contributed by atoms with Gasteiger partial charge < -0.3 is 4.42 Å². The van der Waals surface area contributed by atoms with Crippen molar-refractivity contribution in [1.82, 2.24) is 0 Å². The molecule has 1 aromatic heterocycles. The monoisotopic (exact) mass is 420 g/mol. The normalized spacial score (nSPS) is 11.4. The van der Waals surface area contributed by atoms with E-state index in [-0.39, 0.29) is 0 Å². The quantitative estimate of drug-likeness (QED) is 0.292. The molecule has 0 fully saturated rings. The Labute approximate surface area is 185 Å². The molecule has 0 saturated carbocycles. The average Bonchev–Trinajstić information content (AvgIpc) is 3.14. The Morgan fingerprint density at radius 3 is 1.81 bits per heavy atom. The molecule has 5 rings (SSSR count). The van der Waals surface area contributed by atoms with E-state index in [2.05, 4.69) is 118 Å². The summed E-state index contributed by atoms with van der Waals surface area (Å²) in [7, 11) is -0.838. The Kier molecular flexibility index (Phi) is 5.22. The summed E-state index contributed by atoms with van der Waals surface area (Å²) in [4.78, 5) is 0. The SMILES string of the molecule is Cc1cc(C)c2c(-c3ccccc3C)c(P(c3ccccc3)c3ccccc3)oc2c1. The van der Waals surface area contributed by atoms with Gasteiger partial charge in [0.25, 0.3) is 0 Å². The smallest absolute Gasteiger partial charge is 0.143 e. The molecule has 4 aromatic carbocycles. The van der Waals surface area contributed by atoms with Crippen LogP contribution in [0.4, 0.5) is 0 Å². The molecule has 2 heteroatoms. The highest BCUT2D eigenvalue weighted by atomic mass is 31.1. The molecule has 1 nitrogen and oxygen atoms in total. The van der Waals surface area contributed by atoms with Crippen LogP contribution in [0.5, 0.6) is 0 Å². The molecule has 0 radical (unpaired) electrons. The largest absolute Gasteiger partial charge is 0.455 e. The van der Waals surface area contributed by atoms with Crippen molar-refractivity contribution in [3.8, 4) is 11.1 Å². The van der Waals surface area contributed by atoms with Gasteiger partial charge in [0.05, 0.1) is 0 Å². The van der Waals surface area contributed by atoms with Crippen LogP contribution in [-0.2, 0) is 0 Å². The van der Waals surface area contributed by atoms with Crippen molar-refractivity contribution in [2.45, 2.75) is 20.8 Å². The maximum atomic E-state index is 6.77. The third-order valence-electron chi connectivity index (χ3n) is 5.76. The molecule has 0 aliphatic heterocycles. The zero-order chi connectivity index (χ0) is 21.4. The Balaban J connectivity index is 1.90. The maximum Gasteiger partial charge on any atom is 0.143 e. The molecule has 0 unspecified atom stereocenters. The van der Waals surface area contributed by atoms with E-state index in [0.717, 1.165) is 11.1 Å². The summed E-state index contributed by atoms with van der Waals surface area (Å²) in [6.45, 7) is 6.53. The topological polar surface area (TPSA) is 13.1 Å². The van der Waals surface area contributed by atoms with Crippen LogP contribution in [0.2, 0.25) is 0 Å². The first-order valence-electron chi connectivity index (χ1n) is 10.6. The number of fused-ring (bicyclic) bond motifs is 1. The van der Waals surface area contributed by atoms with Gasteiger partial charge in [0.15, 0.2) is 0 Å². The van der Waals surface area contributed by atoms with Gasteiger partial charge in [-0.15, -0.1) is 0 Å². The van der Waals surface area contributed by atoms with Gasteiger partial charge >= 0.3 is 0 Å². The molecule has 0 spiro atoms. The molecule has 0 N–H and O–H groups in total.